The molecule has 0 aromatic heterocycles. The van der Waals surface area contributed by atoms with Crippen LogP contribution in [0.15, 0.2) is 12.2 Å². The number of hydrogen-bond acceptors (Lipinski definition) is 13. The molecule has 14 nitrogen and oxygen atoms in total. The second-order valence-electron chi connectivity index (χ2n) is 20.1. The monoisotopic (exact) mass is 974 g/mol. The molecule has 2 aliphatic heterocycles. The van der Waals surface area contributed by atoms with Crippen LogP contribution in [0.1, 0.15) is 232 Å². The average Bonchev–Trinajstić information content (AvgIpc) is 3.33. The van der Waals surface area contributed by atoms with Crippen LogP contribution in [0.4, 0.5) is 0 Å². The predicted molar refractivity (Wildman–Crippen MR) is 268 cm³/mol. The second-order valence-corrected chi connectivity index (χ2v) is 20.1. The first kappa shape index (κ1) is 62.8. The molecule has 1 amide bonds. The molecule has 0 aromatic rings. The molecule has 2 aliphatic rings. The Hall–Kier alpha value is -1.27. The first-order chi connectivity index (χ1) is 33.1. The molecule has 14 heteroatoms. The van der Waals surface area contributed by atoms with E-state index in [4.69, 9.17) is 18.9 Å². The zero-order valence-corrected chi connectivity index (χ0v) is 42.9. The minimum Gasteiger partial charge on any atom is -0.394 e. The molecule has 9 N–H and O–H groups in total. The van der Waals surface area contributed by atoms with Gasteiger partial charge in [-0.2, -0.15) is 0 Å². The highest BCUT2D eigenvalue weighted by Gasteiger charge is 2.51. The molecule has 2 fully saturated rings. The number of rotatable bonds is 44. The lowest BCUT2D eigenvalue weighted by atomic mass is 9.97. The molecule has 402 valence electrons. The van der Waals surface area contributed by atoms with E-state index in [2.05, 4.69) is 12.2 Å². The molecular weight excluding hydrogens is 871 g/mol. The number of carbonyl (C=O) groups is 1. The summed E-state index contributed by atoms with van der Waals surface area (Å²) in [4.78, 5) is 13.0. The van der Waals surface area contributed by atoms with Crippen molar-refractivity contribution in [1.29, 1.82) is 0 Å². The van der Waals surface area contributed by atoms with E-state index in [1.165, 1.54) is 173 Å². The SMILES string of the molecule is CCC/C=C/C(O)C(COC1OC(CO)C(OC2OC(CO)C(O)C(O)C2O)C(O)C1O)NC(=O)CCCCCCCCCCCCCCCCCCCCCCCCCCCCCCCCC. The van der Waals surface area contributed by atoms with E-state index in [9.17, 15) is 45.6 Å². The van der Waals surface area contributed by atoms with Gasteiger partial charge in [-0.15, -0.1) is 0 Å². The maximum atomic E-state index is 13.0. The van der Waals surface area contributed by atoms with E-state index in [0.29, 0.717) is 6.42 Å². The highest BCUT2D eigenvalue weighted by Crippen LogP contribution is 2.30. The molecule has 12 atom stereocenters. The second kappa shape index (κ2) is 41.2. The molecule has 2 rings (SSSR count). The van der Waals surface area contributed by atoms with Crippen molar-refractivity contribution in [2.75, 3.05) is 19.8 Å². The predicted octanol–water partition coefficient (Wildman–Crippen LogP) is 8.33. The van der Waals surface area contributed by atoms with Crippen LogP contribution in [-0.4, -0.2) is 140 Å². The van der Waals surface area contributed by atoms with Crippen LogP contribution in [0.2, 0.25) is 0 Å². The van der Waals surface area contributed by atoms with Crippen LogP contribution >= 0.6 is 0 Å². The van der Waals surface area contributed by atoms with Crippen molar-refractivity contribution in [1.82, 2.24) is 5.32 Å². The Morgan fingerprint density at radius 1 is 0.515 bits per heavy atom. The van der Waals surface area contributed by atoms with Gasteiger partial charge in [-0.1, -0.05) is 225 Å². The number of unbranched alkanes of at least 4 members (excludes halogenated alkanes) is 31. The largest absolute Gasteiger partial charge is 0.394 e. The third kappa shape index (κ3) is 27.5. The van der Waals surface area contributed by atoms with Crippen molar-refractivity contribution in [2.45, 2.75) is 306 Å². The Kier molecular flexibility index (Phi) is 38.1. The highest BCUT2D eigenvalue weighted by molar-refractivity contribution is 5.76. The van der Waals surface area contributed by atoms with Gasteiger partial charge in [-0.25, -0.2) is 0 Å². The molecule has 0 aliphatic carbocycles. The van der Waals surface area contributed by atoms with Crippen molar-refractivity contribution in [2.24, 2.45) is 0 Å². The van der Waals surface area contributed by atoms with Gasteiger partial charge < -0.3 is 65.1 Å². The number of aliphatic hydroxyl groups excluding tert-OH is 8. The fourth-order valence-electron chi connectivity index (χ4n) is 9.42. The van der Waals surface area contributed by atoms with E-state index in [1.54, 1.807) is 6.08 Å². The lowest BCUT2D eigenvalue weighted by molar-refractivity contribution is -0.359. The van der Waals surface area contributed by atoms with E-state index in [1.807, 2.05) is 13.0 Å². The Morgan fingerprint density at radius 3 is 1.32 bits per heavy atom. The van der Waals surface area contributed by atoms with E-state index in [0.717, 1.165) is 32.1 Å². The lowest BCUT2D eigenvalue weighted by Crippen LogP contribution is -2.65. The quantitative estimate of drug-likeness (QED) is 0.0207. The van der Waals surface area contributed by atoms with Crippen molar-refractivity contribution in [3.63, 3.8) is 0 Å². The normalized spacial score (nSPS) is 26.4. The highest BCUT2D eigenvalue weighted by atomic mass is 16.7. The standard InChI is InChI=1S/C54H103NO13/c1-3-5-7-8-9-10-11-12-13-14-15-16-17-18-19-20-21-22-23-24-25-26-27-28-29-30-31-32-33-34-36-38-46(59)55-42(43(58)37-35-6-4-2)41-65-53-51(64)49(62)52(45(40-57)67-53)68-54-50(63)48(61)47(60)44(39-56)66-54/h35,37,42-45,47-54,56-58,60-64H,3-34,36,38-41H2,1-2H3,(H,55,59)/b37-35+. The Morgan fingerprint density at radius 2 is 0.912 bits per heavy atom. The Balaban J connectivity index is 1.50. The van der Waals surface area contributed by atoms with Gasteiger partial charge in [0.15, 0.2) is 12.6 Å². The number of carbonyl (C=O) groups excluding carboxylic acids is 1. The molecular formula is C54H103NO13. The molecule has 12 unspecified atom stereocenters. The summed E-state index contributed by atoms with van der Waals surface area (Å²) in [6.07, 6.45) is 29.8. The Bertz CT molecular complexity index is 1200. The van der Waals surface area contributed by atoms with Crippen LogP contribution in [0.5, 0.6) is 0 Å². The number of allylic oxidation sites excluding steroid dienone is 1. The molecule has 2 heterocycles. The summed E-state index contributed by atoms with van der Waals surface area (Å²) < 4.78 is 22.5. The van der Waals surface area contributed by atoms with Crippen LogP contribution < -0.4 is 5.32 Å². The van der Waals surface area contributed by atoms with Gasteiger partial charge in [0.1, 0.15) is 48.8 Å². The number of hydrogen-bond donors (Lipinski definition) is 9. The van der Waals surface area contributed by atoms with Crippen LogP contribution in [0.25, 0.3) is 0 Å². The van der Waals surface area contributed by atoms with Crippen LogP contribution in [0.3, 0.4) is 0 Å². The first-order valence-electron chi connectivity index (χ1n) is 27.9. The molecule has 0 spiro atoms. The molecule has 0 radical (unpaired) electrons. The number of nitrogens with one attached hydrogen (secondary N) is 1. The molecule has 0 aromatic carbocycles. The fraction of sp³-hybridized carbons (Fsp3) is 0.944. The van der Waals surface area contributed by atoms with Gasteiger partial charge in [-0.05, 0) is 12.8 Å². The van der Waals surface area contributed by atoms with Gasteiger partial charge >= 0.3 is 0 Å². The van der Waals surface area contributed by atoms with Gasteiger partial charge in [-0.3, -0.25) is 4.79 Å². The fourth-order valence-corrected chi connectivity index (χ4v) is 9.42. The third-order valence-electron chi connectivity index (χ3n) is 14.0. The van der Waals surface area contributed by atoms with E-state index < -0.39 is 86.8 Å². The molecule has 2 saturated heterocycles. The van der Waals surface area contributed by atoms with Crippen molar-refractivity contribution >= 4 is 5.91 Å². The summed E-state index contributed by atoms with van der Waals surface area (Å²) in [6.45, 7) is 2.58. The minimum atomic E-state index is -1.78. The maximum absolute atomic E-state index is 13.0. The van der Waals surface area contributed by atoms with Gasteiger partial charge in [0.25, 0.3) is 0 Å². The summed E-state index contributed by atoms with van der Waals surface area (Å²) in [5.41, 5.74) is 0. The molecule has 68 heavy (non-hydrogen) atoms. The summed E-state index contributed by atoms with van der Waals surface area (Å²) in [5, 5.41) is 85.9. The van der Waals surface area contributed by atoms with Crippen LogP contribution in [0, 0.1) is 0 Å². The molecule has 0 bridgehead atoms. The first-order valence-corrected chi connectivity index (χ1v) is 27.9. The molecule has 0 saturated carbocycles. The topological polar surface area (TPSA) is 228 Å². The average molecular weight is 974 g/mol. The summed E-state index contributed by atoms with van der Waals surface area (Å²) >= 11 is 0. The van der Waals surface area contributed by atoms with Crippen molar-refractivity contribution in [3.8, 4) is 0 Å². The van der Waals surface area contributed by atoms with Crippen LogP contribution in [-0.2, 0) is 23.7 Å². The number of aliphatic hydroxyl groups is 8. The third-order valence-corrected chi connectivity index (χ3v) is 14.0. The van der Waals surface area contributed by atoms with Crippen molar-refractivity contribution in [3.05, 3.63) is 12.2 Å². The van der Waals surface area contributed by atoms with E-state index >= 15 is 0 Å². The van der Waals surface area contributed by atoms with Crippen molar-refractivity contribution < 1.29 is 64.6 Å². The number of amides is 1. The lowest BCUT2D eigenvalue weighted by Gasteiger charge is -2.46. The Labute approximate surface area is 412 Å². The van der Waals surface area contributed by atoms with Gasteiger partial charge in [0.05, 0.1) is 32.0 Å². The summed E-state index contributed by atoms with van der Waals surface area (Å²) in [5.74, 6) is -0.247. The minimum absolute atomic E-state index is 0.247. The maximum Gasteiger partial charge on any atom is 0.220 e. The van der Waals surface area contributed by atoms with Gasteiger partial charge in [0, 0.05) is 6.42 Å². The summed E-state index contributed by atoms with van der Waals surface area (Å²) in [6, 6.07) is -0.905. The van der Waals surface area contributed by atoms with E-state index in [-0.39, 0.29) is 18.9 Å². The zero-order valence-electron chi connectivity index (χ0n) is 42.9. The van der Waals surface area contributed by atoms with Gasteiger partial charge in [0.2, 0.25) is 5.91 Å². The smallest absolute Gasteiger partial charge is 0.220 e. The number of ether oxygens (including phenoxy) is 4. The summed E-state index contributed by atoms with van der Waals surface area (Å²) in [7, 11) is 0. The zero-order chi connectivity index (χ0) is 49.6.